The van der Waals surface area contributed by atoms with Crippen molar-refractivity contribution in [2.45, 2.75) is 25.7 Å². The van der Waals surface area contributed by atoms with Gasteiger partial charge in [0, 0.05) is 37.3 Å². The number of hydrogen-bond acceptors (Lipinski definition) is 6. The lowest BCUT2D eigenvalue weighted by atomic mass is 10.1. The van der Waals surface area contributed by atoms with Crippen LogP contribution in [-0.2, 0) is 11.8 Å². The van der Waals surface area contributed by atoms with Crippen LogP contribution in [-0.4, -0.2) is 49.8 Å². The van der Waals surface area contributed by atoms with E-state index in [1.807, 2.05) is 13.0 Å². The molecule has 3 aromatic rings. The number of carbonyl (C=O) groups excluding carboxylic acids is 3. The van der Waals surface area contributed by atoms with Gasteiger partial charge in [0.2, 0.25) is 0 Å². The maximum absolute atomic E-state index is 13.9. The van der Waals surface area contributed by atoms with Crippen LogP contribution >= 0.6 is 11.8 Å². The minimum Gasteiger partial charge on any atom is -0.350 e. The highest BCUT2D eigenvalue weighted by atomic mass is 32.2. The average Bonchev–Trinajstić information content (AvgIpc) is 3.57. The number of amides is 3. The zero-order valence-corrected chi connectivity index (χ0v) is 19.5. The van der Waals surface area contributed by atoms with E-state index in [1.165, 1.54) is 18.2 Å². The van der Waals surface area contributed by atoms with E-state index in [-0.39, 0.29) is 29.5 Å². The Bertz CT molecular complexity index is 1380. The lowest BCUT2D eigenvalue weighted by Crippen LogP contribution is -2.37. The molecule has 174 valence electrons. The van der Waals surface area contributed by atoms with Crippen molar-refractivity contribution in [3.63, 3.8) is 0 Å². The molecule has 10 heteroatoms. The van der Waals surface area contributed by atoms with Crippen LogP contribution < -0.4 is 5.32 Å². The van der Waals surface area contributed by atoms with Crippen molar-refractivity contribution >= 4 is 45.9 Å². The van der Waals surface area contributed by atoms with Crippen LogP contribution in [0, 0.1) is 12.7 Å². The minimum absolute atomic E-state index is 0.0146. The van der Waals surface area contributed by atoms with E-state index in [0.29, 0.717) is 28.2 Å². The molecule has 0 unspecified atom stereocenters. The molecule has 34 heavy (non-hydrogen) atoms. The molecule has 0 radical (unpaired) electrons. The Kier molecular flexibility index (Phi) is 5.68. The summed E-state index contributed by atoms with van der Waals surface area (Å²) in [6, 6.07) is 7.86. The van der Waals surface area contributed by atoms with Gasteiger partial charge in [-0.25, -0.2) is 9.37 Å². The molecule has 3 heterocycles. The molecule has 3 amide bonds. The first-order valence-electron chi connectivity index (χ1n) is 11.0. The molecule has 0 atom stereocenters. The zero-order chi connectivity index (χ0) is 24.0. The van der Waals surface area contributed by atoms with Gasteiger partial charge in [-0.1, -0.05) is 18.2 Å². The van der Waals surface area contributed by atoms with Crippen LogP contribution in [0.3, 0.4) is 0 Å². The molecule has 2 aliphatic rings. The molecular formula is C24H22FN5O3S. The van der Waals surface area contributed by atoms with E-state index in [4.69, 9.17) is 4.98 Å². The number of pyridine rings is 1. The first-order valence-corrected chi connectivity index (χ1v) is 11.8. The van der Waals surface area contributed by atoms with Crippen LogP contribution in [0.5, 0.6) is 0 Å². The third-order valence-electron chi connectivity index (χ3n) is 5.92. The summed E-state index contributed by atoms with van der Waals surface area (Å²) >= 11 is 0.759. The highest BCUT2D eigenvalue weighted by Gasteiger charge is 2.35. The van der Waals surface area contributed by atoms with Gasteiger partial charge in [-0.15, -0.1) is 0 Å². The number of benzene rings is 1. The van der Waals surface area contributed by atoms with Crippen molar-refractivity contribution in [3.05, 3.63) is 63.6 Å². The van der Waals surface area contributed by atoms with Crippen LogP contribution in [0.25, 0.3) is 17.1 Å². The maximum atomic E-state index is 13.9. The lowest BCUT2D eigenvalue weighted by molar-refractivity contribution is -0.122. The average molecular weight is 480 g/mol. The smallest absolute Gasteiger partial charge is 0.293 e. The fourth-order valence-electron chi connectivity index (χ4n) is 4.03. The van der Waals surface area contributed by atoms with Crippen molar-refractivity contribution in [2.75, 3.05) is 13.1 Å². The first-order chi connectivity index (χ1) is 16.3. The van der Waals surface area contributed by atoms with Gasteiger partial charge in [0.05, 0.1) is 21.5 Å². The minimum atomic E-state index is -0.502. The molecule has 1 saturated heterocycles. The summed E-state index contributed by atoms with van der Waals surface area (Å²) in [5.41, 5.74) is 2.98. The number of aromatic nitrogens is 3. The summed E-state index contributed by atoms with van der Waals surface area (Å²) in [5, 5.41) is 7.47. The number of imide groups is 1. The normalized spacial score (nSPS) is 17.3. The molecule has 0 spiro atoms. The number of fused-ring (bicyclic) bond motifs is 1. The molecule has 1 aromatic carbocycles. The third kappa shape index (κ3) is 4.09. The van der Waals surface area contributed by atoms with Gasteiger partial charge in [0.1, 0.15) is 5.82 Å². The summed E-state index contributed by atoms with van der Waals surface area (Å²) in [4.78, 5) is 44.0. The fraction of sp³-hybridized carbons (Fsp3) is 0.292. The SMILES string of the molecule is Cc1nn(C)c2nc(C3CC3)cc(C(=O)NCCN3C(=O)S/C(=C\c4ccccc4F)C3=O)c12. The van der Waals surface area contributed by atoms with Crippen molar-refractivity contribution < 1.29 is 18.8 Å². The maximum Gasteiger partial charge on any atom is 0.293 e. The molecule has 1 saturated carbocycles. The second-order valence-corrected chi connectivity index (χ2v) is 9.38. The van der Waals surface area contributed by atoms with Gasteiger partial charge in [-0.3, -0.25) is 24.0 Å². The predicted molar refractivity (Wildman–Crippen MR) is 127 cm³/mol. The number of halogens is 1. The summed E-state index contributed by atoms with van der Waals surface area (Å²) in [5.74, 6) is -0.915. The number of aryl methyl sites for hydroxylation is 2. The van der Waals surface area contributed by atoms with E-state index in [9.17, 15) is 18.8 Å². The van der Waals surface area contributed by atoms with Crippen molar-refractivity contribution in [3.8, 4) is 0 Å². The number of hydrogen-bond donors (Lipinski definition) is 1. The second-order valence-electron chi connectivity index (χ2n) is 8.39. The molecule has 8 nitrogen and oxygen atoms in total. The number of carbonyl (C=O) groups is 3. The molecule has 1 aliphatic heterocycles. The van der Waals surface area contributed by atoms with Gasteiger partial charge in [-0.05, 0) is 49.7 Å². The van der Waals surface area contributed by atoms with Crippen molar-refractivity contribution in [2.24, 2.45) is 7.05 Å². The van der Waals surface area contributed by atoms with Crippen LogP contribution in [0.2, 0.25) is 0 Å². The third-order valence-corrected chi connectivity index (χ3v) is 6.82. The highest BCUT2D eigenvalue weighted by Crippen LogP contribution is 2.40. The monoisotopic (exact) mass is 479 g/mol. The topological polar surface area (TPSA) is 97.2 Å². The fourth-order valence-corrected chi connectivity index (χ4v) is 4.89. The summed E-state index contributed by atoms with van der Waals surface area (Å²) in [6.07, 6.45) is 3.48. The largest absolute Gasteiger partial charge is 0.350 e. The van der Waals surface area contributed by atoms with E-state index in [1.54, 1.807) is 23.9 Å². The molecule has 2 aromatic heterocycles. The zero-order valence-electron chi connectivity index (χ0n) is 18.7. The quantitative estimate of drug-likeness (QED) is 0.541. The van der Waals surface area contributed by atoms with E-state index < -0.39 is 17.0 Å². The number of nitrogens with one attached hydrogen (secondary N) is 1. The molecule has 1 N–H and O–H groups in total. The van der Waals surface area contributed by atoms with Gasteiger partial charge in [0.15, 0.2) is 5.65 Å². The summed E-state index contributed by atoms with van der Waals surface area (Å²) < 4.78 is 15.6. The van der Waals surface area contributed by atoms with Crippen LogP contribution in [0.4, 0.5) is 9.18 Å². The lowest BCUT2D eigenvalue weighted by Gasteiger charge is -2.13. The van der Waals surface area contributed by atoms with Crippen LogP contribution in [0.15, 0.2) is 35.2 Å². The number of rotatable bonds is 6. The van der Waals surface area contributed by atoms with Gasteiger partial charge in [-0.2, -0.15) is 5.10 Å². The Balaban J connectivity index is 1.30. The molecular weight excluding hydrogens is 457 g/mol. The van der Waals surface area contributed by atoms with E-state index in [0.717, 1.165) is 35.2 Å². The summed E-state index contributed by atoms with van der Waals surface area (Å²) in [6.45, 7) is 1.94. The Morgan fingerprint density at radius 1 is 1.29 bits per heavy atom. The van der Waals surface area contributed by atoms with Gasteiger partial charge >= 0.3 is 0 Å². The molecule has 2 fully saturated rings. The van der Waals surface area contributed by atoms with Crippen LogP contribution in [0.1, 0.15) is 46.1 Å². The van der Waals surface area contributed by atoms with E-state index in [2.05, 4.69) is 10.4 Å². The Labute approximate surface area is 199 Å². The first kappa shape index (κ1) is 22.3. The van der Waals surface area contributed by atoms with Gasteiger partial charge < -0.3 is 5.32 Å². The van der Waals surface area contributed by atoms with Gasteiger partial charge in [0.25, 0.3) is 17.1 Å². The molecule has 0 bridgehead atoms. The number of nitrogens with zero attached hydrogens (tertiary/aromatic N) is 4. The van der Waals surface area contributed by atoms with E-state index >= 15 is 0 Å². The standard InChI is InChI=1S/C24H22FN5O3S/c1-13-20-16(12-18(14-7-8-14)27-21(20)29(2)28-13)22(31)26-9-10-30-23(32)19(34-24(30)33)11-15-5-3-4-6-17(15)25/h3-6,11-12,14H,7-10H2,1-2H3,(H,26,31)/b19-11-. The highest BCUT2D eigenvalue weighted by molar-refractivity contribution is 8.18. The molecule has 1 aliphatic carbocycles. The number of thioether (sulfide) groups is 1. The Hall–Kier alpha value is -3.53. The van der Waals surface area contributed by atoms with Crippen molar-refractivity contribution in [1.82, 2.24) is 25.0 Å². The summed E-state index contributed by atoms with van der Waals surface area (Å²) in [7, 11) is 1.80. The second kappa shape index (κ2) is 8.68. The Morgan fingerprint density at radius 3 is 2.79 bits per heavy atom. The predicted octanol–water partition coefficient (Wildman–Crippen LogP) is 3.76. The Morgan fingerprint density at radius 2 is 2.06 bits per heavy atom. The van der Waals surface area contributed by atoms with Crippen molar-refractivity contribution in [1.29, 1.82) is 0 Å². The molecule has 5 rings (SSSR count).